The highest BCUT2D eigenvalue weighted by atomic mass is 16.1. The highest BCUT2D eigenvalue weighted by Gasteiger charge is 2.04. The smallest absolute Gasteiger partial charge is 0.248 e. The van der Waals surface area contributed by atoms with Gasteiger partial charge in [0, 0.05) is 12.1 Å². The molecular formula is C13H22N4O. The zero-order valence-corrected chi connectivity index (χ0v) is 11.1. The summed E-state index contributed by atoms with van der Waals surface area (Å²) in [4.78, 5) is 13.1. The number of hydrogen-bond donors (Lipinski definition) is 3. The number of nitrogens with zero attached hydrogens (tertiary/aromatic N) is 1. The number of amides is 1. The molecule has 0 aromatic heterocycles. The number of nitrogen functional groups attached to an aromatic ring is 1. The highest BCUT2D eigenvalue weighted by Crippen LogP contribution is 2.19. The molecule has 18 heavy (non-hydrogen) atoms. The average molecular weight is 250 g/mol. The van der Waals surface area contributed by atoms with Gasteiger partial charge in [-0.3, -0.25) is 4.79 Å². The minimum absolute atomic E-state index is 0.436. The van der Waals surface area contributed by atoms with E-state index in [9.17, 15) is 4.79 Å². The van der Waals surface area contributed by atoms with E-state index in [0.717, 1.165) is 31.6 Å². The van der Waals surface area contributed by atoms with E-state index in [1.807, 2.05) is 0 Å². The van der Waals surface area contributed by atoms with Crippen LogP contribution in [0, 0.1) is 0 Å². The predicted octanol–water partition coefficient (Wildman–Crippen LogP) is 1.12. The van der Waals surface area contributed by atoms with E-state index in [0.29, 0.717) is 11.3 Å². The molecule has 0 bridgehead atoms. The molecule has 0 aliphatic heterocycles. The Kier molecular flexibility index (Phi) is 5.45. The fourth-order valence-electron chi connectivity index (χ4n) is 1.65. The van der Waals surface area contributed by atoms with Gasteiger partial charge < -0.3 is 21.7 Å². The number of carbonyl (C=O) groups is 1. The summed E-state index contributed by atoms with van der Waals surface area (Å²) < 4.78 is 0. The van der Waals surface area contributed by atoms with Crippen LogP contribution in [0.5, 0.6) is 0 Å². The Bertz CT molecular complexity index is 404. The van der Waals surface area contributed by atoms with Crippen LogP contribution in [0.1, 0.15) is 23.2 Å². The van der Waals surface area contributed by atoms with E-state index in [2.05, 4.69) is 24.3 Å². The molecule has 0 atom stereocenters. The molecule has 1 aromatic rings. The molecule has 1 amide bonds. The Hall–Kier alpha value is -1.75. The molecule has 5 nitrogen and oxygen atoms in total. The van der Waals surface area contributed by atoms with Crippen molar-refractivity contribution in [3.8, 4) is 0 Å². The van der Waals surface area contributed by atoms with Crippen molar-refractivity contribution < 1.29 is 4.79 Å². The summed E-state index contributed by atoms with van der Waals surface area (Å²) in [5, 5.41) is 3.26. The first-order valence-corrected chi connectivity index (χ1v) is 6.08. The summed E-state index contributed by atoms with van der Waals surface area (Å²) in [6.07, 6.45) is 2.22. The molecule has 5 heteroatoms. The maximum Gasteiger partial charge on any atom is 0.248 e. The van der Waals surface area contributed by atoms with Gasteiger partial charge in [0.1, 0.15) is 0 Å². The number of unbranched alkanes of at least 4 members (excludes halogenated alkanes) is 1. The Morgan fingerprint density at radius 3 is 2.61 bits per heavy atom. The van der Waals surface area contributed by atoms with Crippen LogP contribution >= 0.6 is 0 Å². The largest absolute Gasteiger partial charge is 0.397 e. The lowest BCUT2D eigenvalue weighted by atomic mass is 10.1. The number of anilines is 2. The number of carbonyl (C=O) groups excluding carboxylic acids is 1. The quantitative estimate of drug-likeness (QED) is 0.500. The lowest BCUT2D eigenvalue weighted by Gasteiger charge is -2.11. The van der Waals surface area contributed by atoms with Crippen molar-refractivity contribution in [3.63, 3.8) is 0 Å². The molecule has 0 fully saturated rings. The van der Waals surface area contributed by atoms with Crippen molar-refractivity contribution in [3.05, 3.63) is 23.8 Å². The van der Waals surface area contributed by atoms with Gasteiger partial charge in [-0.25, -0.2) is 0 Å². The number of hydrogen-bond acceptors (Lipinski definition) is 4. The van der Waals surface area contributed by atoms with Crippen molar-refractivity contribution in [1.29, 1.82) is 0 Å². The normalized spacial score (nSPS) is 10.6. The van der Waals surface area contributed by atoms with Crippen molar-refractivity contribution in [2.24, 2.45) is 5.73 Å². The third-order valence-corrected chi connectivity index (χ3v) is 2.68. The lowest BCUT2D eigenvalue weighted by molar-refractivity contribution is 0.100. The van der Waals surface area contributed by atoms with Gasteiger partial charge >= 0.3 is 0 Å². The molecule has 0 saturated carbocycles. The van der Waals surface area contributed by atoms with Gasteiger partial charge in [-0.1, -0.05) is 0 Å². The number of primary amides is 1. The number of benzene rings is 1. The van der Waals surface area contributed by atoms with Gasteiger partial charge in [0.15, 0.2) is 0 Å². The summed E-state index contributed by atoms with van der Waals surface area (Å²) in [5.41, 5.74) is 12.9. The van der Waals surface area contributed by atoms with Gasteiger partial charge in [-0.15, -0.1) is 0 Å². The highest BCUT2D eigenvalue weighted by molar-refractivity contribution is 5.94. The Balaban J connectivity index is 2.41. The topological polar surface area (TPSA) is 84.4 Å². The van der Waals surface area contributed by atoms with Crippen LogP contribution in [0.25, 0.3) is 0 Å². The van der Waals surface area contributed by atoms with Crippen molar-refractivity contribution >= 4 is 17.3 Å². The number of nitrogens with one attached hydrogen (secondary N) is 1. The fourth-order valence-corrected chi connectivity index (χ4v) is 1.65. The van der Waals surface area contributed by atoms with Crippen LogP contribution in [0.15, 0.2) is 18.2 Å². The molecule has 1 aromatic carbocycles. The maximum absolute atomic E-state index is 11.0. The standard InChI is InChI=1S/C13H22N4O/c1-17(2)8-4-3-7-16-12-6-5-10(13(15)18)9-11(12)14/h5-6,9,16H,3-4,7-8,14H2,1-2H3,(H2,15,18). The van der Waals surface area contributed by atoms with Crippen molar-refractivity contribution in [2.75, 3.05) is 38.2 Å². The Labute approximate surface area is 108 Å². The summed E-state index contributed by atoms with van der Waals surface area (Å²) in [6.45, 7) is 1.95. The van der Waals surface area contributed by atoms with Crippen LogP contribution in [0.3, 0.4) is 0 Å². The van der Waals surface area contributed by atoms with E-state index >= 15 is 0 Å². The van der Waals surface area contributed by atoms with Gasteiger partial charge in [0.25, 0.3) is 0 Å². The molecule has 0 unspecified atom stereocenters. The number of nitrogens with two attached hydrogens (primary N) is 2. The molecule has 0 aliphatic carbocycles. The minimum Gasteiger partial charge on any atom is -0.397 e. The van der Waals surface area contributed by atoms with Crippen LogP contribution in [0.4, 0.5) is 11.4 Å². The summed E-state index contributed by atoms with van der Waals surface area (Å²) in [6, 6.07) is 5.08. The second kappa shape index (κ2) is 6.86. The predicted molar refractivity (Wildman–Crippen MR) is 75.7 cm³/mol. The SMILES string of the molecule is CN(C)CCCCNc1ccc(C(N)=O)cc1N. The molecule has 5 N–H and O–H groups in total. The minimum atomic E-state index is -0.459. The summed E-state index contributed by atoms with van der Waals surface area (Å²) in [7, 11) is 4.13. The van der Waals surface area contributed by atoms with Crippen LogP contribution in [0.2, 0.25) is 0 Å². The van der Waals surface area contributed by atoms with Crippen LogP contribution < -0.4 is 16.8 Å². The third kappa shape index (κ3) is 4.63. The van der Waals surface area contributed by atoms with E-state index < -0.39 is 5.91 Å². The summed E-state index contributed by atoms with van der Waals surface area (Å²) >= 11 is 0. The average Bonchev–Trinajstić information content (AvgIpc) is 2.29. The molecule has 0 aliphatic rings. The number of rotatable bonds is 7. The third-order valence-electron chi connectivity index (χ3n) is 2.68. The maximum atomic E-state index is 11.0. The molecule has 0 saturated heterocycles. The lowest BCUT2D eigenvalue weighted by Crippen LogP contribution is -2.14. The van der Waals surface area contributed by atoms with Crippen LogP contribution in [-0.4, -0.2) is 38.0 Å². The van der Waals surface area contributed by atoms with Crippen molar-refractivity contribution in [1.82, 2.24) is 4.90 Å². The summed E-state index contributed by atoms with van der Waals surface area (Å²) in [5.74, 6) is -0.459. The molecule has 1 rings (SSSR count). The molecule has 0 radical (unpaired) electrons. The van der Waals surface area contributed by atoms with Gasteiger partial charge in [-0.2, -0.15) is 0 Å². The van der Waals surface area contributed by atoms with Gasteiger partial charge in [-0.05, 0) is 51.7 Å². The molecular weight excluding hydrogens is 228 g/mol. The zero-order valence-electron chi connectivity index (χ0n) is 11.1. The van der Waals surface area contributed by atoms with E-state index in [4.69, 9.17) is 11.5 Å². The van der Waals surface area contributed by atoms with E-state index in [1.54, 1.807) is 18.2 Å². The second-order valence-electron chi connectivity index (χ2n) is 4.60. The van der Waals surface area contributed by atoms with Gasteiger partial charge in [0.2, 0.25) is 5.91 Å². The Morgan fingerprint density at radius 1 is 1.33 bits per heavy atom. The van der Waals surface area contributed by atoms with E-state index in [-0.39, 0.29) is 0 Å². The van der Waals surface area contributed by atoms with Crippen LogP contribution in [-0.2, 0) is 0 Å². The molecule has 100 valence electrons. The first kappa shape index (κ1) is 14.3. The first-order valence-electron chi connectivity index (χ1n) is 6.08. The Morgan fingerprint density at radius 2 is 2.06 bits per heavy atom. The molecule has 0 heterocycles. The van der Waals surface area contributed by atoms with Crippen molar-refractivity contribution in [2.45, 2.75) is 12.8 Å². The van der Waals surface area contributed by atoms with E-state index in [1.165, 1.54) is 0 Å². The van der Waals surface area contributed by atoms with Gasteiger partial charge in [0.05, 0.1) is 11.4 Å². The first-order chi connectivity index (χ1) is 8.50. The zero-order chi connectivity index (χ0) is 13.5. The second-order valence-corrected chi connectivity index (χ2v) is 4.60. The monoisotopic (exact) mass is 250 g/mol. The molecule has 0 spiro atoms. The fraction of sp³-hybridized carbons (Fsp3) is 0.462.